The van der Waals surface area contributed by atoms with Gasteiger partial charge < -0.3 is 30.1 Å². The third-order valence-corrected chi connectivity index (χ3v) is 7.60. The fourth-order valence-corrected chi connectivity index (χ4v) is 5.24. The molecule has 38 heavy (non-hydrogen) atoms. The second-order valence-electron chi connectivity index (χ2n) is 12.3. The minimum absolute atomic E-state index is 0.134. The van der Waals surface area contributed by atoms with Crippen molar-refractivity contribution in [2.24, 2.45) is 11.3 Å². The monoisotopic (exact) mass is 530 g/mol. The van der Waals surface area contributed by atoms with Gasteiger partial charge in [-0.3, -0.25) is 4.79 Å². The number of rotatable bonds is 10. The van der Waals surface area contributed by atoms with Gasteiger partial charge in [-0.25, -0.2) is 14.6 Å². The van der Waals surface area contributed by atoms with Crippen LogP contribution >= 0.6 is 0 Å². The highest BCUT2D eigenvalue weighted by molar-refractivity contribution is 5.89. The van der Waals surface area contributed by atoms with E-state index < -0.39 is 29.1 Å². The quantitative estimate of drug-likeness (QED) is 0.420. The van der Waals surface area contributed by atoms with Gasteiger partial charge in [0.05, 0.1) is 11.5 Å². The van der Waals surface area contributed by atoms with Gasteiger partial charge in [0, 0.05) is 38.4 Å². The van der Waals surface area contributed by atoms with Gasteiger partial charge in [-0.1, -0.05) is 6.07 Å². The van der Waals surface area contributed by atoms with Crippen LogP contribution in [-0.2, 0) is 31.9 Å². The van der Waals surface area contributed by atoms with Gasteiger partial charge >= 0.3 is 12.1 Å². The van der Waals surface area contributed by atoms with Crippen LogP contribution in [0.4, 0.5) is 10.6 Å². The second kappa shape index (κ2) is 11.5. The van der Waals surface area contributed by atoms with Crippen LogP contribution in [0.1, 0.15) is 71.1 Å². The van der Waals surface area contributed by atoms with E-state index in [2.05, 4.69) is 22.8 Å². The Bertz CT molecular complexity index is 1030. The van der Waals surface area contributed by atoms with Crippen LogP contribution in [-0.4, -0.2) is 76.9 Å². The van der Waals surface area contributed by atoms with Crippen molar-refractivity contribution in [1.29, 1.82) is 0 Å². The van der Waals surface area contributed by atoms with E-state index in [0.29, 0.717) is 5.92 Å². The van der Waals surface area contributed by atoms with E-state index in [-0.39, 0.29) is 38.1 Å². The highest BCUT2D eigenvalue weighted by Crippen LogP contribution is 2.34. The van der Waals surface area contributed by atoms with Crippen LogP contribution in [0.25, 0.3) is 0 Å². The molecule has 0 spiro atoms. The Labute approximate surface area is 224 Å². The van der Waals surface area contributed by atoms with Crippen LogP contribution < -0.4 is 10.6 Å². The number of nitrogens with zero attached hydrogens (tertiary/aromatic N) is 2. The SMILES string of the molecule is CC(C)(C)OC(=O)N1CC(C)(C(=O)N[C@@H](CCOC2CC(CCc3ccc4c(n3)NCCC4)C2)C(=O)O)C1. The molecule has 1 saturated carbocycles. The lowest BCUT2D eigenvalue weighted by Crippen LogP contribution is -2.65. The van der Waals surface area contributed by atoms with Crippen LogP contribution in [0, 0.1) is 11.3 Å². The molecule has 3 heterocycles. The lowest BCUT2D eigenvalue weighted by molar-refractivity contribution is -0.148. The first-order valence-corrected chi connectivity index (χ1v) is 13.8. The molecule has 3 aliphatic rings. The molecule has 1 saturated heterocycles. The molecular formula is C28H42N4O6. The average molecular weight is 531 g/mol. The summed E-state index contributed by atoms with van der Waals surface area (Å²) in [7, 11) is 0. The molecule has 0 radical (unpaired) electrons. The van der Waals surface area contributed by atoms with Crippen molar-refractivity contribution >= 4 is 23.8 Å². The molecule has 1 aromatic heterocycles. The number of ether oxygens (including phenoxy) is 2. The van der Waals surface area contributed by atoms with Crippen molar-refractivity contribution in [3.63, 3.8) is 0 Å². The number of likely N-dealkylation sites (tertiary alicyclic amines) is 1. The van der Waals surface area contributed by atoms with E-state index in [1.54, 1.807) is 27.7 Å². The molecule has 0 aromatic carbocycles. The number of aromatic nitrogens is 1. The molecule has 2 aliphatic heterocycles. The van der Waals surface area contributed by atoms with Gasteiger partial charge in [-0.05, 0) is 83.8 Å². The number of carbonyl (C=O) groups excluding carboxylic acids is 2. The van der Waals surface area contributed by atoms with Crippen LogP contribution in [0.15, 0.2) is 12.1 Å². The zero-order chi connectivity index (χ0) is 27.5. The maximum atomic E-state index is 12.8. The number of carboxylic acids is 1. The van der Waals surface area contributed by atoms with Gasteiger partial charge in [0.2, 0.25) is 5.91 Å². The number of carbonyl (C=O) groups is 3. The summed E-state index contributed by atoms with van der Waals surface area (Å²) in [5.74, 6) is 0.161. The van der Waals surface area contributed by atoms with Crippen LogP contribution in [0.5, 0.6) is 0 Å². The molecule has 1 atom stereocenters. The number of hydrogen-bond acceptors (Lipinski definition) is 7. The largest absolute Gasteiger partial charge is 0.480 e. The van der Waals surface area contributed by atoms with E-state index >= 15 is 0 Å². The fraction of sp³-hybridized carbons (Fsp3) is 0.714. The predicted octanol–water partition coefficient (Wildman–Crippen LogP) is 3.38. The zero-order valence-electron chi connectivity index (χ0n) is 23.0. The van der Waals surface area contributed by atoms with Crippen molar-refractivity contribution in [2.75, 3.05) is 31.6 Å². The van der Waals surface area contributed by atoms with Gasteiger partial charge in [0.15, 0.2) is 0 Å². The summed E-state index contributed by atoms with van der Waals surface area (Å²) >= 11 is 0. The lowest BCUT2D eigenvalue weighted by atomic mass is 9.79. The normalized spacial score (nSPS) is 22.7. The molecule has 0 unspecified atom stereocenters. The van der Waals surface area contributed by atoms with Gasteiger partial charge in [0.25, 0.3) is 0 Å². The zero-order valence-corrected chi connectivity index (χ0v) is 23.0. The Morgan fingerprint density at radius 2 is 2.00 bits per heavy atom. The minimum atomic E-state index is -1.09. The standard InChI is InChI=1S/C28H42N4O6/c1-27(2,3)38-26(36)32-16-28(4,17-32)25(35)31-22(24(33)34)11-13-37-21-14-18(15-21)7-9-20-10-8-19-6-5-12-29-23(19)30-20/h8,10,18,21-22H,5-7,9,11-17H2,1-4H3,(H,29,30)(H,31,35)(H,33,34)/t18?,21?,22-/m0/s1. The highest BCUT2D eigenvalue weighted by atomic mass is 16.6. The number of aliphatic carboxylic acids is 1. The fourth-order valence-electron chi connectivity index (χ4n) is 5.24. The molecule has 1 aromatic rings. The molecule has 0 bridgehead atoms. The van der Waals surface area contributed by atoms with Crippen molar-refractivity contribution in [2.45, 2.75) is 90.4 Å². The summed E-state index contributed by atoms with van der Waals surface area (Å²) in [5, 5.41) is 15.6. The minimum Gasteiger partial charge on any atom is -0.480 e. The number of pyridine rings is 1. The smallest absolute Gasteiger partial charge is 0.410 e. The van der Waals surface area contributed by atoms with E-state index in [1.165, 1.54) is 10.5 Å². The molecule has 2 amide bonds. The number of nitrogens with one attached hydrogen (secondary N) is 2. The van der Waals surface area contributed by atoms with E-state index in [9.17, 15) is 19.5 Å². The maximum Gasteiger partial charge on any atom is 0.410 e. The van der Waals surface area contributed by atoms with Gasteiger partial charge in [-0.15, -0.1) is 0 Å². The average Bonchev–Trinajstić information content (AvgIpc) is 2.80. The Morgan fingerprint density at radius 3 is 2.68 bits per heavy atom. The molecule has 2 fully saturated rings. The van der Waals surface area contributed by atoms with Gasteiger partial charge in [-0.2, -0.15) is 0 Å². The summed E-state index contributed by atoms with van der Waals surface area (Å²) in [5.41, 5.74) is 0.973. The summed E-state index contributed by atoms with van der Waals surface area (Å²) < 4.78 is 11.2. The van der Waals surface area contributed by atoms with E-state index in [0.717, 1.165) is 56.6 Å². The number of carboxylic acid groups (broad SMARTS) is 1. The van der Waals surface area contributed by atoms with Crippen molar-refractivity contribution in [1.82, 2.24) is 15.2 Å². The van der Waals surface area contributed by atoms with E-state index in [1.807, 2.05) is 0 Å². The highest BCUT2D eigenvalue weighted by Gasteiger charge is 2.49. The first-order valence-electron chi connectivity index (χ1n) is 13.8. The first kappa shape index (κ1) is 28.1. The third-order valence-electron chi connectivity index (χ3n) is 7.60. The predicted molar refractivity (Wildman–Crippen MR) is 142 cm³/mol. The summed E-state index contributed by atoms with van der Waals surface area (Å²) in [4.78, 5) is 42.9. The van der Waals surface area contributed by atoms with Crippen LogP contribution in [0.3, 0.4) is 0 Å². The number of aryl methyl sites for hydroxylation is 2. The molecular weight excluding hydrogens is 488 g/mol. The maximum absolute atomic E-state index is 12.8. The van der Waals surface area contributed by atoms with E-state index in [4.69, 9.17) is 14.5 Å². The third kappa shape index (κ3) is 7.15. The number of amides is 2. The second-order valence-corrected chi connectivity index (χ2v) is 12.3. The Morgan fingerprint density at radius 1 is 1.26 bits per heavy atom. The lowest BCUT2D eigenvalue weighted by Gasteiger charge is -2.46. The van der Waals surface area contributed by atoms with Crippen molar-refractivity contribution in [3.8, 4) is 0 Å². The summed E-state index contributed by atoms with van der Waals surface area (Å²) in [6.07, 6.45) is 6.05. The number of anilines is 1. The summed E-state index contributed by atoms with van der Waals surface area (Å²) in [6.45, 7) is 8.72. The molecule has 210 valence electrons. The molecule has 1 aliphatic carbocycles. The number of hydrogen-bond donors (Lipinski definition) is 3. The van der Waals surface area contributed by atoms with Crippen molar-refractivity contribution < 1.29 is 29.0 Å². The molecule has 3 N–H and O–H groups in total. The Kier molecular flexibility index (Phi) is 8.49. The molecule has 10 heteroatoms. The van der Waals surface area contributed by atoms with Gasteiger partial charge in [0.1, 0.15) is 17.5 Å². The van der Waals surface area contributed by atoms with Crippen LogP contribution in [0.2, 0.25) is 0 Å². The Hall–Kier alpha value is -2.88. The molecule has 10 nitrogen and oxygen atoms in total. The summed E-state index contributed by atoms with van der Waals surface area (Å²) in [6, 6.07) is 3.29. The number of fused-ring (bicyclic) bond motifs is 1. The van der Waals surface area contributed by atoms with Crippen molar-refractivity contribution in [3.05, 3.63) is 23.4 Å². The first-order chi connectivity index (χ1) is 17.9. The molecule has 4 rings (SSSR count). The topological polar surface area (TPSA) is 130 Å². The Balaban J connectivity index is 1.12.